The molecule has 0 aliphatic rings. The van der Waals surface area contributed by atoms with E-state index >= 15 is 0 Å². The molecule has 0 saturated carbocycles. The third-order valence-corrected chi connectivity index (χ3v) is 4.98. The van der Waals surface area contributed by atoms with Crippen LogP contribution < -0.4 is 4.74 Å². The van der Waals surface area contributed by atoms with Gasteiger partial charge in [0.15, 0.2) is 0 Å². The highest BCUT2D eigenvalue weighted by Gasteiger charge is 2.08. The van der Waals surface area contributed by atoms with Gasteiger partial charge in [-0.1, -0.05) is 84.9 Å². The molecular formula is C25H18O. The lowest BCUT2D eigenvalue weighted by molar-refractivity contribution is 0.310. The first-order chi connectivity index (χ1) is 12.9. The summed E-state index contributed by atoms with van der Waals surface area (Å²) in [5, 5.41) is 7.52. The average Bonchev–Trinajstić information content (AvgIpc) is 2.72. The predicted molar refractivity (Wildman–Crippen MR) is 110 cm³/mol. The third kappa shape index (κ3) is 2.49. The summed E-state index contributed by atoms with van der Waals surface area (Å²) in [7, 11) is 0. The Morgan fingerprint density at radius 3 is 2.04 bits per heavy atom. The molecule has 0 atom stereocenters. The van der Waals surface area contributed by atoms with Crippen molar-refractivity contribution in [3.8, 4) is 5.75 Å². The van der Waals surface area contributed by atoms with Crippen LogP contribution in [0.15, 0.2) is 97.1 Å². The van der Waals surface area contributed by atoms with E-state index in [1.54, 1.807) is 0 Å². The van der Waals surface area contributed by atoms with E-state index in [-0.39, 0.29) is 0 Å². The molecule has 0 fully saturated rings. The van der Waals surface area contributed by atoms with Crippen molar-refractivity contribution in [3.63, 3.8) is 0 Å². The Labute approximate surface area is 152 Å². The van der Waals surface area contributed by atoms with Crippen LogP contribution in [-0.2, 0) is 6.61 Å². The molecule has 0 aliphatic carbocycles. The molecule has 0 amide bonds. The highest BCUT2D eigenvalue weighted by molar-refractivity contribution is 6.18. The predicted octanol–water partition coefficient (Wildman–Crippen LogP) is 6.73. The lowest BCUT2D eigenvalue weighted by Crippen LogP contribution is -1.95. The fourth-order valence-corrected chi connectivity index (χ4v) is 3.69. The molecule has 0 heterocycles. The van der Waals surface area contributed by atoms with Crippen molar-refractivity contribution in [2.75, 3.05) is 0 Å². The summed E-state index contributed by atoms with van der Waals surface area (Å²) in [4.78, 5) is 0. The molecule has 1 heteroatoms. The van der Waals surface area contributed by atoms with Gasteiger partial charge in [0.1, 0.15) is 12.4 Å². The van der Waals surface area contributed by atoms with Gasteiger partial charge in [-0.15, -0.1) is 0 Å². The quantitative estimate of drug-likeness (QED) is 0.333. The van der Waals surface area contributed by atoms with Gasteiger partial charge in [0.05, 0.1) is 0 Å². The summed E-state index contributed by atoms with van der Waals surface area (Å²) in [5.74, 6) is 0.932. The first kappa shape index (κ1) is 15.0. The van der Waals surface area contributed by atoms with E-state index in [1.807, 2.05) is 18.2 Å². The Morgan fingerprint density at radius 1 is 0.462 bits per heavy atom. The monoisotopic (exact) mass is 334 g/mol. The fourth-order valence-electron chi connectivity index (χ4n) is 3.69. The Morgan fingerprint density at radius 2 is 1.12 bits per heavy atom. The summed E-state index contributed by atoms with van der Waals surface area (Å²) in [6.45, 7) is 0.579. The molecule has 0 saturated heterocycles. The molecule has 124 valence electrons. The zero-order valence-electron chi connectivity index (χ0n) is 14.4. The van der Waals surface area contributed by atoms with E-state index in [9.17, 15) is 0 Å². The lowest BCUT2D eigenvalue weighted by atomic mass is 9.97. The molecule has 5 aromatic carbocycles. The van der Waals surface area contributed by atoms with Crippen molar-refractivity contribution < 1.29 is 4.74 Å². The largest absolute Gasteiger partial charge is 0.488 e. The third-order valence-electron chi connectivity index (χ3n) is 4.98. The van der Waals surface area contributed by atoms with Gasteiger partial charge in [-0.05, 0) is 44.6 Å². The molecule has 0 unspecified atom stereocenters. The second-order valence-electron chi connectivity index (χ2n) is 6.57. The molecule has 5 aromatic rings. The van der Waals surface area contributed by atoms with Gasteiger partial charge in [0.2, 0.25) is 0 Å². The first-order valence-corrected chi connectivity index (χ1v) is 8.90. The topological polar surface area (TPSA) is 9.23 Å². The van der Waals surface area contributed by atoms with Crippen molar-refractivity contribution in [2.45, 2.75) is 6.61 Å². The van der Waals surface area contributed by atoms with Crippen LogP contribution in [-0.4, -0.2) is 0 Å². The molecule has 0 spiro atoms. The minimum Gasteiger partial charge on any atom is -0.488 e. The van der Waals surface area contributed by atoms with Crippen molar-refractivity contribution >= 4 is 32.3 Å². The van der Waals surface area contributed by atoms with Crippen LogP contribution in [0.3, 0.4) is 0 Å². The average molecular weight is 334 g/mol. The minimum absolute atomic E-state index is 0.579. The van der Waals surface area contributed by atoms with E-state index in [0.717, 1.165) is 11.1 Å². The first-order valence-electron chi connectivity index (χ1n) is 8.90. The molecule has 5 rings (SSSR count). The zero-order chi connectivity index (χ0) is 17.3. The molecule has 0 radical (unpaired) electrons. The van der Waals surface area contributed by atoms with Crippen LogP contribution >= 0.6 is 0 Å². The molecule has 26 heavy (non-hydrogen) atoms. The number of hydrogen-bond donors (Lipinski definition) is 0. The zero-order valence-corrected chi connectivity index (χ0v) is 14.4. The van der Waals surface area contributed by atoms with Crippen LogP contribution in [0.2, 0.25) is 0 Å². The number of hydrogen-bond acceptors (Lipinski definition) is 1. The second kappa shape index (κ2) is 6.20. The van der Waals surface area contributed by atoms with E-state index in [2.05, 4.69) is 78.9 Å². The highest BCUT2D eigenvalue weighted by atomic mass is 16.5. The Kier molecular flexibility index (Phi) is 3.57. The molecule has 1 nitrogen and oxygen atoms in total. The lowest BCUT2D eigenvalue weighted by Gasteiger charge is -2.12. The van der Waals surface area contributed by atoms with Gasteiger partial charge in [-0.25, -0.2) is 0 Å². The number of fused-ring (bicyclic) bond motifs is 5. The SMILES string of the molecule is c1ccc(COc2cccc3c2ccc2c4ccccc4ccc32)cc1. The molecule has 0 bridgehead atoms. The molecular weight excluding hydrogens is 316 g/mol. The molecule has 0 aliphatic heterocycles. The normalized spacial score (nSPS) is 11.2. The van der Waals surface area contributed by atoms with Crippen LogP contribution in [0.5, 0.6) is 5.75 Å². The number of ether oxygens (including phenoxy) is 1. The molecule has 0 aromatic heterocycles. The highest BCUT2D eigenvalue weighted by Crippen LogP contribution is 2.35. The number of benzene rings is 5. The van der Waals surface area contributed by atoms with Gasteiger partial charge in [-0.2, -0.15) is 0 Å². The molecule has 0 N–H and O–H groups in total. The van der Waals surface area contributed by atoms with Crippen molar-refractivity contribution in [3.05, 3.63) is 103 Å². The van der Waals surface area contributed by atoms with Crippen LogP contribution in [0, 0.1) is 0 Å². The second-order valence-corrected chi connectivity index (χ2v) is 6.57. The van der Waals surface area contributed by atoms with Gasteiger partial charge >= 0.3 is 0 Å². The van der Waals surface area contributed by atoms with E-state index in [1.165, 1.54) is 32.5 Å². The summed E-state index contributed by atoms with van der Waals surface area (Å²) in [6.07, 6.45) is 0. The summed E-state index contributed by atoms with van der Waals surface area (Å²) in [5.41, 5.74) is 1.18. The van der Waals surface area contributed by atoms with Crippen LogP contribution in [0.1, 0.15) is 5.56 Å². The minimum atomic E-state index is 0.579. The van der Waals surface area contributed by atoms with Crippen molar-refractivity contribution in [1.29, 1.82) is 0 Å². The maximum absolute atomic E-state index is 6.14. The maximum atomic E-state index is 6.14. The van der Waals surface area contributed by atoms with E-state index < -0.39 is 0 Å². The Bertz CT molecular complexity index is 1220. The maximum Gasteiger partial charge on any atom is 0.127 e. The van der Waals surface area contributed by atoms with Crippen molar-refractivity contribution in [1.82, 2.24) is 0 Å². The van der Waals surface area contributed by atoms with Gasteiger partial charge < -0.3 is 4.74 Å². The smallest absolute Gasteiger partial charge is 0.127 e. The summed E-state index contributed by atoms with van der Waals surface area (Å²) >= 11 is 0. The van der Waals surface area contributed by atoms with Crippen LogP contribution in [0.25, 0.3) is 32.3 Å². The summed E-state index contributed by atoms with van der Waals surface area (Å²) in [6, 6.07) is 34.0. The van der Waals surface area contributed by atoms with Gasteiger partial charge in [-0.3, -0.25) is 0 Å². The fraction of sp³-hybridized carbons (Fsp3) is 0.0400. The van der Waals surface area contributed by atoms with Gasteiger partial charge in [0.25, 0.3) is 0 Å². The van der Waals surface area contributed by atoms with E-state index in [4.69, 9.17) is 4.74 Å². The summed E-state index contributed by atoms with van der Waals surface area (Å²) < 4.78 is 6.14. The Hall–Kier alpha value is -3.32. The standard InChI is InChI=1S/C25H18O/c1-2-7-18(8-3-1)17-26-25-12-6-11-21-23-14-13-19-9-4-5-10-20(19)22(23)15-16-24(21)25/h1-16H,17H2. The van der Waals surface area contributed by atoms with Crippen molar-refractivity contribution in [2.24, 2.45) is 0 Å². The van der Waals surface area contributed by atoms with Gasteiger partial charge in [0, 0.05) is 5.39 Å². The Balaban J connectivity index is 1.65. The van der Waals surface area contributed by atoms with Crippen LogP contribution in [0.4, 0.5) is 0 Å². The number of rotatable bonds is 3. The van der Waals surface area contributed by atoms with E-state index in [0.29, 0.717) is 6.61 Å².